The lowest BCUT2D eigenvalue weighted by Crippen LogP contribution is -2.36. The van der Waals surface area contributed by atoms with Crippen LogP contribution in [0.25, 0.3) is 0 Å². The summed E-state index contributed by atoms with van der Waals surface area (Å²) in [4.78, 5) is 13.5. The molecule has 0 N–H and O–H groups in total. The zero-order chi connectivity index (χ0) is 37.9. The molecule has 1 fully saturated rings. The highest BCUT2D eigenvalue weighted by Crippen LogP contribution is 2.37. The Kier molecular flexibility index (Phi) is 32.4. The summed E-state index contributed by atoms with van der Waals surface area (Å²) in [6, 6.07) is 0. The minimum atomic E-state index is -4.20. The van der Waals surface area contributed by atoms with Gasteiger partial charge in [-0.1, -0.05) is 140 Å². The minimum absolute atomic E-state index is 0.0271. The van der Waals surface area contributed by atoms with E-state index in [1.807, 2.05) is 11.9 Å². The van der Waals surface area contributed by atoms with Crippen LogP contribution in [-0.2, 0) is 23.1 Å². The number of hydrogen-bond donors (Lipinski definition) is 0. The number of hydrogen-bond acceptors (Lipinski definition) is 7. The van der Waals surface area contributed by atoms with Gasteiger partial charge in [-0.2, -0.15) is 0 Å². The second-order valence-corrected chi connectivity index (χ2v) is 16.4. The Bertz CT molecular complexity index is 918. The van der Waals surface area contributed by atoms with Crippen LogP contribution in [0.15, 0.2) is 48.6 Å². The van der Waals surface area contributed by atoms with Gasteiger partial charge in [-0.3, -0.25) is 4.57 Å². The molecule has 1 heterocycles. The van der Waals surface area contributed by atoms with Crippen LogP contribution < -0.4 is 4.89 Å². The van der Waals surface area contributed by atoms with Gasteiger partial charge in [-0.15, -0.1) is 0 Å². The zero-order valence-corrected chi connectivity index (χ0v) is 35.1. The van der Waals surface area contributed by atoms with Crippen molar-refractivity contribution >= 4 is 7.82 Å². The minimum Gasteiger partial charge on any atom is -0.756 e. The Hall–Kier alpha value is -1.05. The molecule has 1 aliphatic rings. The molecule has 0 aromatic heterocycles. The quantitative estimate of drug-likeness (QED) is 0.0355. The van der Waals surface area contributed by atoms with E-state index in [1.54, 1.807) is 0 Å². The molecule has 0 radical (unpaired) electrons. The summed E-state index contributed by atoms with van der Waals surface area (Å²) in [6.07, 6.45) is 50.3. The number of likely N-dealkylation sites (N-methyl/N-ethyl adjacent to an activating group) is 1. The van der Waals surface area contributed by atoms with Crippen LogP contribution in [0, 0.1) is 0 Å². The van der Waals surface area contributed by atoms with Crippen molar-refractivity contribution in [2.45, 2.75) is 193 Å². The van der Waals surface area contributed by atoms with Crippen LogP contribution in [0.1, 0.15) is 181 Å². The summed E-state index contributed by atoms with van der Waals surface area (Å²) < 4.78 is 33.9. The van der Waals surface area contributed by atoms with E-state index in [-0.39, 0.29) is 12.7 Å². The first-order valence-electron chi connectivity index (χ1n) is 21.5. The van der Waals surface area contributed by atoms with Gasteiger partial charge in [0.15, 0.2) is 5.79 Å². The monoisotopic (exact) mass is 751 g/mol. The third-order valence-electron chi connectivity index (χ3n) is 9.89. The summed E-state index contributed by atoms with van der Waals surface area (Å²) in [5, 5.41) is 0. The lowest BCUT2D eigenvalue weighted by Gasteiger charge is -2.29. The third-order valence-corrected chi connectivity index (χ3v) is 10.8. The SMILES string of the molecule is CCCCC/C=C\C/C=C\CCCCCCCCC1(CCCCCCCC/C=C\C/C=C\CCCCC)OC[C@@H](CN(C)CCOP(=O)([O-])OC)O1. The van der Waals surface area contributed by atoms with Crippen molar-refractivity contribution in [1.29, 1.82) is 0 Å². The first-order chi connectivity index (χ1) is 25.4. The molecule has 1 unspecified atom stereocenters. The standard InChI is InChI=1S/C44H82NO6P/c1-5-7-9-11-13-15-17-19-21-23-25-27-29-31-33-35-37-44(49-42-43(51-44)41-45(3)39-40-50-52(46,47)48-4)38-36-34-32-30-28-26-24-22-20-18-16-14-12-10-8-6-2/h13-16,19-22,43H,5-12,17-18,23-42H2,1-4H3,(H,46,47)/p-1/b15-13-,16-14-,21-19-,22-20-/t43-/m1/s1. The van der Waals surface area contributed by atoms with Crippen molar-refractivity contribution < 1.29 is 28.0 Å². The molecule has 8 heteroatoms. The number of allylic oxidation sites excluding steroid dienone is 8. The normalized spacial score (nSPS) is 17.6. The van der Waals surface area contributed by atoms with E-state index in [2.05, 4.69) is 67.0 Å². The molecular formula is C44H81NO6P-. The number of phosphoric ester groups is 1. The number of phosphoric acid groups is 1. The molecule has 304 valence electrons. The number of nitrogens with zero attached hydrogens (tertiary/aromatic N) is 1. The molecule has 0 amide bonds. The topological polar surface area (TPSA) is 80.3 Å². The van der Waals surface area contributed by atoms with Crippen LogP contribution in [0.3, 0.4) is 0 Å². The first-order valence-corrected chi connectivity index (χ1v) is 22.9. The molecule has 1 aliphatic heterocycles. The fourth-order valence-corrected chi connectivity index (χ4v) is 7.07. The Labute approximate surface area is 321 Å². The van der Waals surface area contributed by atoms with Gasteiger partial charge in [0, 0.05) is 33.0 Å². The molecule has 0 aromatic rings. The summed E-state index contributed by atoms with van der Waals surface area (Å²) in [6.45, 7) is 6.29. The molecule has 0 aliphatic carbocycles. The Balaban J connectivity index is 2.34. The summed E-state index contributed by atoms with van der Waals surface area (Å²) in [5.41, 5.74) is 0. The largest absolute Gasteiger partial charge is 0.756 e. The van der Waals surface area contributed by atoms with E-state index in [0.29, 0.717) is 19.7 Å². The maximum atomic E-state index is 11.5. The second kappa shape index (κ2) is 34.4. The molecule has 1 rings (SSSR count). The average Bonchev–Trinajstić information content (AvgIpc) is 3.53. The molecule has 52 heavy (non-hydrogen) atoms. The maximum absolute atomic E-state index is 11.5. The fourth-order valence-electron chi connectivity index (χ4n) is 6.66. The van der Waals surface area contributed by atoms with Crippen LogP contribution in [0.5, 0.6) is 0 Å². The van der Waals surface area contributed by atoms with Gasteiger partial charge in [0.05, 0.1) is 19.3 Å². The van der Waals surface area contributed by atoms with Gasteiger partial charge in [0.25, 0.3) is 7.82 Å². The van der Waals surface area contributed by atoms with Gasteiger partial charge >= 0.3 is 0 Å². The van der Waals surface area contributed by atoms with Gasteiger partial charge in [-0.25, -0.2) is 0 Å². The van der Waals surface area contributed by atoms with Crippen LogP contribution in [0.2, 0.25) is 0 Å². The molecular weight excluding hydrogens is 669 g/mol. The summed E-state index contributed by atoms with van der Waals surface area (Å²) in [5.74, 6) is -0.493. The van der Waals surface area contributed by atoms with E-state index in [4.69, 9.17) is 14.0 Å². The molecule has 0 bridgehead atoms. The molecule has 7 nitrogen and oxygen atoms in total. The highest BCUT2D eigenvalue weighted by Gasteiger charge is 2.40. The van der Waals surface area contributed by atoms with E-state index in [9.17, 15) is 9.46 Å². The fraction of sp³-hybridized carbons (Fsp3) is 0.818. The van der Waals surface area contributed by atoms with Crippen LogP contribution in [0.4, 0.5) is 0 Å². The van der Waals surface area contributed by atoms with Gasteiger partial charge in [0.2, 0.25) is 0 Å². The number of rotatable bonds is 37. The van der Waals surface area contributed by atoms with E-state index in [0.717, 1.165) is 45.6 Å². The Morgan fingerprint density at radius 2 is 1.10 bits per heavy atom. The van der Waals surface area contributed by atoms with Crippen molar-refractivity contribution in [1.82, 2.24) is 4.90 Å². The summed E-state index contributed by atoms with van der Waals surface area (Å²) >= 11 is 0. The van der Waals surface area contributed by atoms with Crippen molar-refractivity contribution in [3.8, 4) is 0 Å². The van der Waals surface area contributed by atoms with E-state index in [1.165, 1.54) is 128 Å². The molecule has 0 saturated carbocycles. The molecule has 1 saturated heterocycles. The van der Waals surface area contributed by atoms with E-state index >= 15 is 0 Å². The number of unbranched alkanes of at least 4 members (excludes halogenated alkanes) is 18. The lowest BCUT2D eigenvalue weighted by atomic mass is 9.98. The second-order valence-electron chi connectivity index (χ2n) is 14.9. The zero-order valence-electron chi connectivity index (χ0n) is 34.3. The maximum Gasteiger partial charge on any atom is 0.267 e. The highest BCUT2D eigenvalue weighted by molar-refractivity contribution is 7.45. The average molecular weight is 751 g/mol. The Morgan fingerprint density at radius 1 is 0.673 bits per heavy atom. The van der Waals surface area contributed by atoms with Crippen molar-refractivity contribution in [2.24, 2.45) is 0 Å². The molecule has 2 atom stereocenters. The van der Waals surface area contributed by atoms with Gasteiger partial charge < -0.3 is 28.3 Å². The first kappa shape index (κ1) is 49.0. The van der Waals surface area contributed by atoms with Crippen molar-refractivity contribution in [2.75, 3.05) is 40.5 Å². The van der Waals surface area contributed by atoms with Gasteiger partial charge in [0.1, 0.15) is 0 Å². The van der Waals surface area contributed by atoms with Crippen molar-refractivity contribution in [3.63, 3.8) is 0 Å². The third kappa shape index (κ3) is 29.3. The van der Waals surface area contributed by atoms with E-state index < -0.39 is 13.6 Å². The van der Waals surface area contributed by atoms with Crippen LogP contribution >= 0.6 is 7.82 Å². The molecule has 0 spiro atoms. The number of ether oxygens (including phenoxy) is 2. The Morgan fingerprint density at radius 3 is 1.54 bits per heavy atom. The summed E-state index contributed by atoms with van der Waals surface area (Å²) in [7, 11) is -1.13. The smallest absolute Gasteiger partial charge is 0.267 e. The predicted molar refractivity (Wildman–Crippen MR) is 220 cm³/mol. The molecule has 0 aromatic carbocycles. The van der Waals surface area contributed by atoms with Crippen molar-refractivity contribution in [3.05, 3.63) is 48.6 Å². The van der Waals surface area contributed by atoms with Gasteiger partial charge in [-0.05, 0) is 84.1 Å². The predicted octanol–water partition coefficient (Wildman–Crippen LogP) is 12.6. The highest BCUT2D eigenvalue weighted by atomic mass is 31.2. The van der Waals surface area contributed by atoms with Crippen LogP contribution in [-0.4, -0.2) is 57.3 Å². The lowest BCUT2D eigenvalue weighted by molar-refractivity contribution is -0.223.